The number of fused-ring (bicyclic) bond motifs is 2. The maximum absolute atomic E-state index is 12.5. The fourth-order valence-electron chi connectivity index (χ4n) is 4.19. The SMILES string of the molecule is Cc1ccccc1-n1nccc1NC(=O)CC1CC2CCC(C1)N2.Cl. The first-order valence-electron chi connectivity index (χ1n) is 8.85. The Morgan fingerprint density at radius 3 is 2.68 bits per heavy atom. The van der Waals surface area contributed by atoms with E-state index >= 15 is 0 Å². The van der Waals surface area contributed by atoms with Gasteiger partial charge in [0.05, 0.1) is 11.9 Å². The molecule has 134 valence electrons. The second-order valence-electron chi connectivity index (χ2n) is 7.14. The van der Waals surface area contributed by atoms with Crippen molar-refractivity contribution < 1.29 is 4.79 Å². The number of hydrogen-bond donors (Lipinski definition) is 2. The Hall–Kier alpha value is -1.85. The molecule has 2 aliphatic heterocycles. The lowest BCUT2D eigenvalue weighted by molar-refractivity contribution is -0.117. The van der Waals surface area contributed by atoms with Crippen LogP contribution in [0.1, 0.15) is 37.7 Å². The number of aryl methyl sites for hydroxylation is 1. The van der Waals surface area contributed by atoms with E-state index in [2.05, 4.69) is 15.7 Å². The van der Waals surface area contributed by atoms with Gasteiger partial charge in [-0.05, 0) is 50.2 Å². The number of carbonyl (C=O) groups excluding carboxylic acids is 1. The molecular formula is C19H25ClN4O. The topological polar surface area (TPSA) is 59.0 Å². The molecule has 3 heterocycles. The number of aromatic nitrogens is 2. The summed E-state index contributed by atoms with van der Waals surface area (Å²) in [6, 6.07) is 11.2. The maximum Gasteiger partial charge on any atom is 0.225 e. The van der Waals surface area contributed by atoms with Gasteiger partial charge >= 0.3 is 0 Å². The van der Waals surface area contributed by atoms with E-state index in [0.29, 0.717) is 24.4 Å². The third-order valence-electron chi connectivity index (χ3n) is 5.30. The minimum Gasteiger partial charge on any atom is -0.311 e. The third kappa shape index (κ3) is 3.88. The highest BCUT2D eigenvalue weighted by Gasteiger charge is 2.34. The predicted octanol–water partition coefficient (Wildman–Crippen LogP) is 3.46. The summed E-state index contributed by atoms with van der Waals surface area (Å²) in [6.07, 6.45) is 7.12. The van der Waals surface area contributed by atoms with Gasteiger partial charge in [-0.3, -0.25) is 4.79 Å². The highest BCUT2D eigenvalue weighted by atomic mass is 35.5. The van der Waals surface area contributed by atoms with E-state index in [1.807, 2.05) is 37.3 Å². The lowest BCUT2D eigenvalue weighted by Gasteiger charge is -2.28. The molecule has 1 amide bonds. The Bertz CT molecular complexity index is 733. The van der Waals surface area contributed by atoms with Gasteiger partial charge in [0.25, 0.3) is 0 Å². The van der Waals surface area contributed by atoms with E-state index in [-0.39, 0.29) is 18.3 Å². The number of rotatable bonds is 4. The summed E-state index contributed by atoms with van der Waals surface area (Å²) < 4.78 is 1.80. The number of benzene rings is 1. The zero-order chi connectivity index (χ0) is 16.5. The molecule has 2 aromatic rings. The molecule has 4 rings (SSSR count). The molecule has 2 aliphatic rings. The molecule has 25 heavy (non-hydrogen) atoms. The lowest BCUT2D eigenvalue weighted by Crippen LogP contribution is -2.39. The van der Waals surface area contributed by atoms with Gasteiger partial charge in [0.2, 0.25) is 5.91 Å². The molecule has 2 unspecified atom stereocenters. The number of anilines is 1. The molecule has 1 aromatic heterocycles. The second kappa shape index (κ2) is 7.58. The average molecular weight is 361 g/mol. The quantitative estimate of drug-likeness (QED) is 0.877. The molecule has 5 nitrogen and oxygen atoms in total. The van der Waals surface area contributed by atoms with Gasteiger partial charge in [0.1, 0.15) is 5.82 Å². The minimum atomic E-state index is 0. The molecule has 2 saturated heterocycles. The highest BCUT2D eigenvalue weighted by Crippen LogP contribution is 2.32. The number of nitrogens with zero attached hydrogens (tertiary/aromatic N) is 2. The summed E-state index contributed by atoms with van der Waals surface area (Å²) in [7, 11) is 0. The van der Waals surface area contributed by atoms with Crippen LogP contribution in [0.25, 0.3) is 5.69 Å². The van der Waals surface area contributed by atoms with Crippen LogP contribution in [-0.4, -0.2) is 27.8 Å². The summed E-state index contributed by atoms with van der Waals surface area (Å²) in [6.45, 7) is 2.05. The van der Waals surface area contributed by atoms with E-state index in [0.717, 1.165) is 29.9 Å². The van der Waals surface area contributed by atoms with Crippen molar-refractivity contribution in [3.8, 4) is 5.69 Å². The summed E-state index contributed by atoms with van der Waals surface area (Å²) in [5, 5.41) is 11.1. The maximum atomic E-state index is 12.5. The van der Waals surface area contributed by atoms with Crippen LogP contribution in [0.15, 0.2) is 36.5 Å². The third-order valence-corrected chi connectivity index (χ3v) is 5.30. The Balaban J connectivity index is 0.00000182. The van der Waals surface area contributed by atoms with Gasteiger partial charge in [-0.25, -0.2) is 4.68 Å². The second-order valence-corrected chi connectivity index (χ2v) is 7.14. The number of halogens is 1. The van der Waals surface area contributed by atoms with Gasteiger partial charge in [-0.2, -0.15) is 5.10 Å². The number of para-hydroxylation sites is 1. The van der Waals surface area contributed by atoms with Crippen LogP contribution >= 0.6 is 12.4 Å². The molecule has 2 fully saturated rings. The molecule has 1 aromatic carbocycles. The zero-order valence-corrected chi connectivity index (χ0v) is 15.3. The van der Waals surface area contributed by atoms with Crippen molar-refractivity contribution in [3.63, 3.8) is 0 Å². The first-order chi connectivity index (χ1) is 11.7. The van der Waals surface area contributed by atoms with Crippen molar-refractivity contribution in [1.29, 1.82) is 0 Å². The van der Waals surface area contributed by atoms with Crippen LogP contribution in [0.3, 0.4) is 0 Å². The van der Waals surface area contributed by atoms with Crippen LogP contribution in [0.4, 0.5) is 5.82 Å². The van der Waals surface area contributed by atoms with Crippen molar-refractivity contribution in [3.05, 3.63) is 42.1 Å². The van der Waals surface area contributed by atoms with Crippen LogP contribution in [0, 0.1) is 12.8 Å². The number of hydrogen-bond acceptors (Lipinski definition) is 3. The summed E-state index contributed by atoms with van der Waals surface area (Å²) in [5.41, 5.74) is 2.13. The van der Waals surface area contributed by atoms with Gasteiger partial charge in [0.15, 0.2) is 0 Å². The molecular weight excluding hydrogens is 336 g/mol. The van der Waals surface area contributed by atoms with Crippen molar-refractivity contribution in [2.75, 3.05) is 5.32 Å². The van der Waals surface area contributed by atoms with E-state index in [4.69, 9.17) is 0 Å². The largest absolute Gasteiger partial charge is 0.311 e. The molecule has 2 atom stereocenters. The van der Waals surface area contributed by atoms with Gasteiger partial charge in [-0.15, -0.1) is 12.4 Å². The van der Waals surface area contributed by atoms with E-state index in [1.165, 1.54) is 12.8 Å². The molecule has 0 aliphatic carbocycles. The first-order valence-corrected chi connectivity index (χ1v) is 8.85. The van der Waals surface area contributed by atoms with Gasteiger partial charge in [0, 0.05) is 24.6 Å². The number of piperidine rings is 1. The van der Waals surface area contributed by atoms with Gasteiger partial charge < -0.3 is 10.6 Å². The Morgan fingerprint density at radius 1 is 1.24 bits per heavy atom. The Morgan fingerprint density at radius 2 is 1.96 bits per heavy atom. The van der Waals surface area contributed by atoms with Crippen molar-refractivity contribution in [1.82, 2.24) is 15.1 Å². The molecule has 0 spiro atoms. The van der Waals surface area contributed by atoms with Crippen molar-refractivity contribution in [2.45, 2.75) is 51.1 Å². The smallest absolute Gasteiger partial charge is 0.225 e. The first kappa shape index (κ1) is 18.0. The number of amides is 1. The van der Waals surface area contributed by atoms with E-state index in [1.54, 1.807) is 10.9 Å². The highest BCUT2D eigenvalue weighted by molar-refractivity contribution is 5.90. The summed E-state index contributed by atoms with van der Waals surface area (Å²) in [5.74, 6) is 1.33. The van der Waals surface area contributed by atoms with Crippen LogP contribution in [-0.2, 0) is 4.79 Å². The van der Waals surface area contributed by atoms with Crippen molar-refractivity contribution in [2.24, 2.45) is 5.92 Å². The predicted molar refractivity (Wildman–Crippen MR) is 101 cm³/mol. The number of nitrogens with one attached hydrogen (secondary N) is 2. The fraction of sp³-hybridized carbons (Fsp3) is 0.474. The molecule has 2 bridgehead atoms. The van der Waals surface area contributed by atoms with Gasteiger partial charge in [-0.1, -0.05) is 18.2 Å². The standard InChI is InChI=1S/C19H24N4O.ClH/c1-13-4-2-3-5-17(13)23-18(8-9-20-23)22-19(24)12-14-10-15-6-7-16(11-14)21-15;/h2-5,8-9,14-16,21H,6-7,10-12H2,1H3,(H,22,24);1H. The summed E-state index contributed by atoms with van der Waals surface area (Å²) >= 11 is 0. The Kier molecular flexibility index (Phi) is 5.45. The molecule has 2 N–H and O–H groups in total. The average Bonchev–Trinajstić information content (AvgIpc) is 3.14. The van der Waals surface area contributed by atoms with E-state index in [9.17, 15) is 4.79 Å². The monoisotopic (exact) mass is 360 g/mol. The van der Waals surface area contributed by atoms with Crippen LogP contribution in [0.2, 0.25) is 0 Å². The lowest BCUT2D eigenvalue weighted by atomic mass is 9.89. The van der Waals surface area contributed by atoms with Crippen LogP contribution in [0.5, 0.6) is 0 Å². The molecule has 6 heteroatoms. The summed E-state index contributed by atoms with van der Waals surface area (Å²) in [4.78, 5) is 12.5. The van der Waals surface area contributed by atoms with Crippen molar-refractivity contribution >= 4 is 24.1 Å². The fourth-order valence-corrected chi connectivity index (χ4v) is 4.19. The number of carbonyl (C=O) groups is 1. The molecule has 0 saturated carbocycles. The minimum absolute atomic E-state index is 0. The zero-order valence-electron chi connectivity index (χ0n) is 14.4. The Labute approximate surface area is 154 Å². The normalized spacial score (nSPS) is 24.6. The van der Waals surface area contributed by atoms with E-state index < -0.39 is 0 Å². The van der Waals surface area contributed by atoms with Crippen LogP contribution < -0.4 is 10.6 Å². The molecule has 0 radical (unpaired) electrons.